The van der Waals surface area contributed by atoms with Gasteiger partial charge in [-0.3, -0.25) is 4.79 Å². The lowest BCUT2D eigenvalue weighted by molar-refractivity contribution is 0.0990. The number of benzene rings is 1. The Labute approximate surface area is 104 Å². The molecule has 1 aromatic rings. The lowest BCUT2D eigenvalue weighted by Gasteiger charge is -2.06. The van der Waals surface area contributed by atoms with Crippen molar-refractivity contribution in [2.24, 2.45) is 0 Å². The molecule has 5 heteroatoms. The van der Waals surface area contributed by atoms with Gasteiger partial charge in [-0.2, -0.15) is 5.26 Å². The predicted octanol–water partition coefficient (Wildman–Crippen LogP) is 1.73. The standard InChI is InChI=1S/C12H12ClN3O/c13-10-4-7(3-8(5-14)12(10)15)11(17)6-16-9-1-2-9/h3-4,9,16H,1-2,6,15H2. The molecule has 0 aromatic heterocycles. The Bertz CT molecular complexity index is 503. The number of nitrogen functional groups attached to an aromatic ring is 1. The van der Waals surface area contributed by atoms with E-state index >= 15 is 0 Å². The number of nitrogens with one attached hydrogen (secondary N) is 1. The zero-order chi connectivity index (χ0) is 12.4. The second-order valence-corrected chi connectivity index (χ2v) is 4.52. The number of carbonyl (C=O) groups is 1. The van der Waals surface area contributed by atoms with Gasteiger partial charge in [0.15, 0.2) is 5.78 Å². The first kappa shape index (κ1) is 11.9. The smallest absolute Gasteiger partial charge is 0.176 e. The van der Waals surface area contributed by atoms with Crippen molar-refractivity contribution in [2.45, 2.75) is 18.9 Å². The number of Topliss-reactive ketones (excluding diaryl/α,β-unsaturated/α-hetero) is 1. The third kappa shape index (κ3) is 2.76. The summed E-state index contributed by atoms with van der Waals surface area (Å²) in [4.78, 5) is 11.8. The van der Waals surface area contributed by atoms with Gasteiger partial charge in [0.05, 0.1) is 22.8 Å². The van der Waals surface area contributed by atoms with Crippen molar-refractivity contribution in [2.75, 3.05) is 12.3 Å². The Balaban J connectivity index is 2.16. The monoisotopic (exact) mass is 249 g/mol. The van der Waals surface area contributed by atoms with Crippen LogP contribution in [-0.2, 0) is 0 Å². The maximum atomic E-state index is 11.8. The highest BCUT2D eigenvalue weighted by atomic mass is 35.5. The molecule has 2 rings (SSSR count). The van der Waals surface area contributed by atoms with E-state index in [0.717, 1.165) is 12.8 Å². The third-order valence-electron chi connectivity index (χ3n) is 2.70. The average molecular weight is 250 g/mol. The van der Waals surface area contributed by atoms with Crippen LogP contribution in [-0.4, -0.2) is 18.4 Å². The fraction of sp³-hybridized carbons (Fsp3) is 0.333. The number of anilines is 1. The van der Waals surface area contributed by atoms with Gasteiger partial charge in [-0.15, -0.1) is 0 Å². The van der Waals surface area contributed by atoms with Crippen molar-refractivity contribution in [1.29, 1.82) is 5.26 Å². The van der Waals surface area contributed by atoms with Gasteiger partial charge in [0.25, 0.3) is 0 Å². The van der Waals surface area contributed by atoms with E-state index in [1.807, 2.05) is 6.07 Å². The van der Waals surface area contributed by atoms with Crippen LogP contribution in [0.25, 0.3) is 0 Å². The number of hydrogen-bond acceptors (Lipinski definition) is 4. The Kier molecular flexibility index (Phi) is 3.32. The van der Waals surface area contributed by atoms with Gasteiger partial charge in [-0.05, 0) is 25.0 Å². The number of nitriles is 1. The largest absolute Gasteiger partial charge is 0.396 e. The summed E-state index contributed by atoms with van der Waals surface area (Å²) >= 11 is 5.87. The minimum absolute atomic E-state index is 0.0738. The van der Waals surface area contributed by atoms with Crippen LogP contribution in [0.15, 0.2) is 12.1 Å². The van der Waals surface area contributed by atoms with Crippen molar-refractivity contribution in [1.82, 2.24) is 5.32 Å². The van der Waals surface area contributed by atoms with Gasteiger partial charge in [0, 0.05) is 11.6 Å². The molecule has 1 aliphatic rings. The molecule has 0 spiro atoms. The molecule has 0 amide bonds. The summed E-state index contributed by atoms with van der Waals surface area (Å²) in [5.74, 6) is -0.0738. The van der Waals surface area contributed by atoms with E-state index in [-0.39, 0.29) is 28.6 Å². The normalized spacial score (nSPS) is 14.4. The lowest BCUT2D eigenvalue weighted by atomic mass is 10.1. The molecule has 1 saturated carbocycles. The van der Waals surface area contributed by atoms with Crippen LogP contribution in [0.2, 0.25) is 5.02 Å². The van der Waals surface area contributed by atoms with Gasteiger partial charge >= 0.3 is 0 Å². The van der Waals surface area contributed by atoms with Crippen LogP contribution < -0.4 is 11.1 Å². The molecule has 0 bridgehead atoms. The topological polar surface area (TPSA) is 78.9 Å². The van der Waals surface area contributed by atoms with E-state index in [1.165, 1.54) is 12.1 Å². The van der Waals surface area contributed by atoms with Crippen molar-refractivity contribution in [3.05, 3.63) is 28.3 Å². The van der Waals surface area contributed by atoms with E-state index in [0.29, 0.717) is 11.6 Å². The molecule has 88 valence electrons. The minimum atomic E-state index is -0.0738. The Hall–Kier alpha value is -1.57. The van der Waals surface area contributed by atoms with Crippen LogP contribution in [0.1, 0.15) is 28.8 Å². The Morgan fingerprint density at radius 1 is 1.59 bits per heavy atom. The second kappa shape index (κ2) is 4.74. The van der Waals surface area contributed by atoms with Gasteiger partial charge in [0.2, 0.25) is 0 Å². The SMILES string of the molecule is N#Cc1cc(C(=O)CNC2CC2)cc(Cl)c1N. The van der Waals surface area contributed by atoms with Gasteiger partial charge in [0.1, 0.15) is 6.07 Å². The van der Waals surface area contributed by atoms with Gasteiger partial charge < -0.3 is 11.1 Å². The molecule has 0 heterocycles. The highest BCUT2D eigenvalue weighted by Gasteiger charge is 2.21. The molecule has 3 N–H and O–H groups in total. The first-order chi connectivity index (χ1) is 8.11. The van der Waals surface area contributed by atoms with E-state index in [1.54, 1.807) is 0 Å². The molecule has 0 unspecified atom stereocenters. The number of hydrogen-bond donors (Lipinski definition) is 2. The average Bonchev–Trinajstić information content (AvgIpc) is 3.13. The van der Waals surface area contributed by atoms with Crippen LogP contribution in [0.5, 0.6) is 0 Å². The summed E-state index contributed by atoms with van der Waals surface area (Å²) in [7, 11) is 0. The quantitative estimate of drug-likeness (QED) is 0.629. The predicted molar refractivity (Wildman–Crippen MR) is 65.9 cm³/mol. The van der Waals surface area contributed by atoms with Crippen molar-refractivity contribution in [3.8, 4) is 6.07 Å². The maximum Gasteiger partial charge on any atom is 0.176 e. The molecule has 1 fully saturated rings. The molecule has 0 aliphatic heterocycles. The first-order valence-corrected chi connectivity index (χ1v) is 5.75. The lowest BCUT2D eigenvalue weighted by Crippen LogP contribution is -2.24. The van der Waals surface area contributed by atoms with Crippen molar-refractivity contribution < 1.29 is 4.79 Å². The fourth-order valence-corrected chi connectivity index (χ4v) is 1.72. The maximum absolute atomic E-state index is 11.8. The van der Waals surface area contributed by atoms with E-state index in [2.05, 4.69) is 5.32 Å². The van der Waals surface area contributed by atoms with Crippen molar-refractivity contribution in [3.63, 3.8) is 0 Å². The minimum Gasteiger partial charge on any atom is -0.396 e. The summed E-state index contributed by atoms with van der Waals surface area (Å²) in [6.45, 7) is 0.274. The molecule has 0 radical (unpaired) electrons. The highest BCUT2D eigenvalue weighted by Crippen LogP contribution is 2.25. The fourth-order valence-electron chi connectivity index (χ4n) is 1.50. The van der Waals surface area contributed by atoms with Crippen LogP contribution >= 0.6 is 11.6 Å². The van der Waals surface area contributed by atoms with E-state index in [4.69, 9.17) is 22.6 Å². The number of halogens is 1. The molecular formula is C12H12ClN3O. The van der Waals surface area contributed by atoms with Gasteiger partial charge in [-0.25, -0.2) is 0 Å². The summed E-state index contributed by atoms with van der Waals surface area (Å²) in [6, 6.07) is 5.39. The molecule has 17 heavy (non-hydrogen) atoms. The van der Waals surface area contributed by atoms with E-state index < -0.39 is 0 Å². The molecule has 1 aromatic carbocycles. The number of nitrogens with two attached hydrogens (primary N) is 1. The number of carbonyl (C=O) groups excluding carboxylic acids is 1. The van der Waals surface area contributed by atoms with Gasteiger partial charge in [-0.1, -0.05) is 11.6 Å². The van der Waals surface area contributed by atoms with Crippen LogP contribution in [0.4, 0.5) is 5.69 Å². The molecule has 0 atom stereocenters. The Morgan fingerprint density at radius 3 is 2.88 bits per heavy atom. The Morgan fingerprint density at radius 2 is 2.29 bits per heavy atom. The molecular weight excluding hydrogens is 238 g/mol. The number of nitrogens with zero attached hydrogens (tertiary/aromatic N) is 1. The summed E-state index contributed by atoms with van der Waals surface area (Å²) in [5.41, 5.74) is 6.50. The van der Waals surface area contributed by atoms with E-state index in [9.17, 15) is 4.79 Å². The molecule has 1 aliphatic carbocycles. The third-order valence-corrected chi connectivity index (χ3v) is 3.01. The first-order valence-electron chi connectivity index (χ1n) is 5.37. The highest BCUT2D eigenvalue weighted by molar-refractivity contribution is 6.33. The van der Waals surface area contributed by atoms with Crippen molar-refractivity contribution >= 4 is 23.1 Å². The zero-order valence-electron chi connectivity index (χ0n) is 9.16. The summed E-state index contributed by atoms with van der Waals surface area (Å²) in [5, 5.41) is 12.2. The molecule has 4 nitrogen and oxygen atoms in total. The van der Waals surface area contributed by atoms with Crippen LogP contribution in [0.3, 0.4) is 0 Å². The number of ketones is 1. The summed E-state index contributed by atoms with van der Waals surface area (Å²) in [6.07, 6.45) is 2.25. The van der Waals surface area contributed by atoms with Crippen LogP contribution in [0, 0.1) is 11.3 Å². The zero-order valence-corrected chi connectivity index (χ0v) is 9.92. The summed E-state index contributed by atoms with van der Waals surface area (Å²) < 4.78 is 0. The number of rotatable bonds is 4. The second-order valence-electron chi connectivity index (χ2n) is 4.11. The molecule has 0 saturated heterocycles.